The summed E-state index contributed by atoms with van der Waals surface area (Å²) in [6, 6.07) is 2.73. The van der Waals surface area contributed by atoms with E-state index in [-0.39, 0.29) is 16.9 Å². The average Bonchev–Trinajstić information content (AvgIpc) is 2.77. The van der Waals surface area contributed by atoms with Crippen molar-refractivity contribution < 1.29 is 23.1 Å². The summed E-state index contributed by atoms with van der Waals surface area (Å²) in [7, 11) is 1.17. The molecule has 2 aromatic rings. The molecule has 7 nitrogen and oxygen atoms in total. The highest BCUT2D eigenvalue weighted by atomic mass is 19.1. The Morgan fingerprint density at radius 2 is 1.87 bits per heavy atom. The molecule has 0 bridgehead atoms. The number of amides is 2. The number of ether oxygens (including phenoxy) is 1. The third kappa shape index (κ3) is 1.97. The van der Waals surface area contributed by atoms with Crippen molar-refractivity contribution in [3.05, 3.63) is 51.3 Å². The molecule has 0 fully saturated rings. The zero-order chi connectivity index (χ0) is 16.9. The molecular weight excluding hydrogens is 312 g/mol. The van der Waals surface area contributed by atoms with Gasteiger partial charge in [0.1, 0.15) is 11.5 Å². The third-order valence-corrected chi connectivity index (χ3v) is 3.43. The Morgan fingerprint density at radius 1 is 1.17 bits per heavy atom. The number of nitrogens with one attached hydrogen (secondary N) is 1. The highest BCUT2D eigenvalue weighted by Gasteiger charge is 2.33. The lowest BCUT2D eigenvalue weighted by Crippen LogP contribution is -2.25. The maximum Gasteiger partial charge on any atom is 0.262 e. The number of imide groups is 1. The fourth-order valence-electron chi connectivity index (χ4n) is 2.40. The van der Waals surface area contributed by atoms with Crippen molar-refractivity contribution >= 4 is 17.6 Å². The van der Waals surface area contributed by atoms with E-state index in [2.05, 4.69) is 0 Å². The Bertz CT molecular complexity index is 937. The predicted octanol–water partition coefficient (Wildman–Crippen LogP) is 0.590. The SMILES string of the molecule is COc1ccc(F)c(-n2c(N)c3c(cc2=O)C(=O)NC3=O)c1F. The molecule has 3 N–H and O–H groups in total. The molecule has 2 amide bonds. The monoisotopic (exact) mass is 321 g/mol. The van der Waals surface area contributed by atoms with E-state index >= 15 is 0 Å². The van der Waals surface area contributed by atoms with E-state index in [4.69, 9.17) is 10.5 Å². The lowest BCUT2D eigenvalue weighted by atomic mass is 10.1. The molecule has 0 saturated carbocycles. The predicted molar refractivity (Wildman–Crippen MR) is 74.7 cm³/mol. The first kappa shape index (κ1) is 14.7. The zero-order valence-corrected chi connectivity index (χ0v) is 11.6. The number of nitrogens with two attached hydrogens (primary N) is 1. The van der Waals surface area contributed by atoms with E-state index < -0.39 is 40.5 Å². The van der Waals surface area contributed by atoms with Gasteiger partial charge in [0.25, 0.3) is 17.4 Å². The van der Waals surface area contributed by atoms with Gasteiger partial charge in [-0.05, 0) is 12.1 Å². The van der Waals surface area contributed by atoms with Crippen LogP contribution in [0.5, 0.6) is 5.75 Å². The van der Waals surface area contributed by atoms with Gasteiger partial charge in [-0.1, -0.05) is 0 Å². The minimum atomic E-state index is -1.16. The summed E-state index contributed by atoms with van der Waals surface area (Å²) in [4.78, 5) is 35.5. The Balaban J connectivity index is 2.41. The molecule has 1 aliphatic heterocycles. The smallest absolute Gasteiger partial charge is 0.262 e. The first-order chi connectivity index (χ1) is 10.9. The van der Waals surface area contributed by atoms with Crippen LogP contribution in [0, 0.1) is 11.6 Å². The minimum absolute atomic E-state index is 0.238. The molecule has 1 aromatic heterocycles. The van der Waals surface area contributed by atoms with Crippen LogP contribution in [-0.4, -0.2) is 23.5 Å². The Hall–Kier alpha value is -3.23. The number of rotatable bonds is 2. The summed E-state index contributed by atoms with van der Waals surface area (Å²) in [6.45, 7) is 0. The summed E-state index contributed by atoms with van der Waals surface area (Å²) >= 11 is 0. The molecule has 9 heteroatoms. The molecule has 118 valence electrons. The van der Waals surface area contributed by atoms with Crippen molar-refractivity contribution in [2.24, 2.45) is 0 Å². The van der Waals surface area contributed by atoms with Crippen LogP contribution in [0.15, 0.2) is 23.0 Å². The van der Waals surface area contributed by atoms with Gasteiger partial charge < -0.3 is 10.5 Å². The second-order valence-electron chi connectivity index (χ2n) is 4.69. The van der Waals surface area contributed by atoms with Crippen molar-refractivity contribution in [2.45, 2.75) is 0 Å². The number of pyridine rings is 1. The van der Waals surface area contributed by atoms with E-state index in [0.29, 0.717) is 4.57 Å². The summed E-state index contributed by atoms with van der Waals surface area (Å²) in [5.41, 5.74) is 3.43. The average molecular weight is 321 g/mol. The van der Waals surface area contributed by atoms with Crippen LogP contribution in [0.3, 0.4) is 0 Å². The topological polar surface area (TPSA) is 103 Å². The molecular formula is C14H9F2N3O4. The van der Waals surface area contributed by atoms with Crippen LogP contribution in [-0.2, 0) is 0 Å². The minimum Gasteiger partial charge on any atom is -0.494 e. The van der Waals surface area contributed by atoms with Gasteiger partial charge in [0, 0.05) is 6.07 Å². The number of nitrogens with zero attached hydrogens (tertiary/aromatic N) is 1. The summed E-state index contributed by atoms with van der Waals surface area (Å²) in [5.74, 6) is -4.74. The quantitative estimate of drug-likeness (QED) is 0.788. The number of benzene rings is 1. The first-order valence-electron chi connectivity index (χ1n) is 6.30. The normalized spacial score (nSPS) is 13.0. The van der Waals surface area contributed by atoms with Crippen molar-refractivity contribution in [3.63, 3.8) is 0 Å². The van der Waals surface area contributed by atoms with Crippen molar-refractivity contribution in [3.8, 4) is 11.4 Å². The Kier molecular flexibility index (Phi) is 3.13. The van der Waals surface area contributed by atoms with Crippen LogP contribution in [0.25, 0.3) is 5.69 Å². The van der Waals surface area contributed by atoms with Gasteiger partial charge in [-0.25, -0.2) is 8.78 Å². The number of carbonyl (C=O) groups is 2. The number of hydrogen-bond donors (Lipinski definition) is 2. The van der Waals surface area contributed by atoms with Crippen LogP contribution < -0.4 is 21.3 Å². The van der Waals surface area contributed by atoms with Gasteiger partial charge in [-0.3, -0.25) is 24.3 Å². The molecule has 0 atom stereocenters. The van der Waals surface area contributed by atoms with Gasteiger partial charge in [-0.15, -0.1) is 0 Å². The van der Waals surface area contributed by atoms with E-state index in [9.17, 15) is 23.2 Å². The van der Waals surface area contributed by atoms with Gasteiger partial charge >= 0.3 is 0 Å². The van der Waals surface area contributed by atoms with Crippen LogP contribution >= 0.6 is 0 Å². The van der Waals surface area contributed by atoms with Gasteiger partial charge in [0.05, 0.1) is 18.2 Å². The first-order valence-corrected chi connectivity index (χ1v) is 6.30. The third-order valence-electron chi connectivity index (χ3n) is 3.43. The Morgan fingerprint density at radius 3 is 2.52 bits per heavy atom. The van der Waals surface area contributed by atoms with Gasteiger partial charge in [0.2, 0.25) is 0 Å². The second kappa shape index (κ2) is 4.90. The fourth-order valence-corrected chi connectivity index (χ4v) is 2.40. The molecule has 1 aromatic carbocycles. The standard InChI is InChI=1S/C14H9F2N3O4/c1-23-7-3-2-6(15)11(10(7)16)19-8(20)4-5-9(12(19)17)14(22)18-13(5)21/h2-4H,17H2,1H3,(H,18,21,22). The highest BCUT2D eigenvalue weighted by molar-refractivity contribution is 6.23. The molecule has 0 spiro atoms. The van der Waals surface area contributed by atoms with E-state index in [1.165, 1.54) is 7.11 Å². The van der Waals surface area contributed by atoms with Crippen molar-refractivity contribution in [2.75, 3.05) is 12.8 Å². The number of nitrogen functional groups attached to an aromatic ring is 1. The molecule has 0 radical (unpaired) electrons. The molecule has 1 aliphatic rings. The number of carbonyl (C=O) groups excluding carboxylic acids is 2. The highest BCUT2D eigenvalue weighted by Crippen LogP contribution is 2.29. The lowest BCUT2D eigenvalue weighted by Gasteiger charge is -2.14. The lowest BCUT2D eigenvalue weighted by molar-refractivity contribution is 0.0880. The van der Waals surface area contributed by atoms with Crippen molar-refractivity contribution in [1.29, 1.82) is 0 Å². The Labute approximate surface area is 127 Å². The molecule has 23 heavy (non-hydrogen) atoms. The van der Waals surface area contributed by atoms with Gasteiger partial charge in [-0.2, -0.15) is 0 Å². The fraction of sp³-hybridized carbons (Fsp3) is 0.0714. The van der Waals surface area contributed by atoms with Crippen LogP contribution in [0.2, 0.25) is 0 Å². The zero-order valence-electron chi connectivity index (χ0n) is 11.6. The second-order valence-corrected chi connectivity index (χ2v) is 4.69. The maximum absolute atomic E-state index is 14.4. The van der Waals surface area contributed by atoms with E-state index in [0.717, 1.165) is 18.2 Å². The number of aromatic nitrogens is 1. The van der Waals surface area contributed by atoms with E-state index in [1.807, 2.05) is 5.32 Å². The summed E-state index contributed by atoms with van der Waals surface area (Å²) in [6.07, 6.45) is 0. The summed E-state index contributed by atoms with van der Waals surface area (Å²) < 4.78 is 33.6. The molecule has 0 aliphatic carbocycles. The molecule has 0 saturated heterocycles. The number of halogens is 2. The molecule has 2 heterocycles. The molecule has 3 rings (SSSR count). The number of anilines is 1. The van der Waals surface area contributed by atoms with Gasteiger partial charge in [0.15, 0.2) is 17.4 Å². The maximum atomic E-state index is 14.4. The number of methoxy groups -OCH3 is 1. The van der Waals surface area contributed by atoms with Crippen LogP contribution in [0.4, 0.5) is 14.6 Å². The van der Waals surface area contributed by atoms with Crippen LogP contribution in [0.1, 0.15) is 20.7 Å². The van der Waals surface area contributed by atoms with Crippen molar-refractivity contribution in [1.82, 2.24) is 9.88 Å². The van der Waals surface area contributed by atoms with E-state index in [1.54, 1.807) is 0 Å². The number of fused-ring (bicyclic) bond motifs is 1. The largest absolute Gasteiger partial charge is 0.494 e. The number of hydrogen-bond acceptors (Lipinski definition) is 5. The molecule has 0 unspecified atom stereocenters. The summed E-state index contributed by atoms with van der Waals surface area (Å²) in [5, 5.41) is 1.96.